The van der Waals surface area contributed by atoms with Crippen molar-refractivity contribution < 1.29 is 19.0 Å². The van der Waals surface area contributed by atoms with Crippen molar-refractivity contribution in [2.24, 2.45) is 0 Å². The van der Waals surface area contributed by atoms with Gasteiger partial charge in [0.25, 0.3) is 0 Å². The van der Waals surface area contributed by atoms with Crippen LogP contribution in [0.3, 0.4) is 0 Å². The summed E-state index contributed by atoms with van der Waals surface area (Å²) in [7, 11) is 0. The minimum Gasteiger partial charge on any atom is -0.351 e. The molecule has 3 aliphatic rings. The number of carbonyl (C=O) groups is 2. The Balaban J connectivity index is 1.54. The van der Waals surface area contributed by atoms with Gasteiger partial charge in [-0.25, -0.2) is 5.01 Å². The largest absolute Gasteiger partial charge is 0.351 e. The van der Waals surface area contributed by atoms with E-state index in [1.54, 1.807) is 4.90 Å². The van der Waals surface area contributed by atoms with E-state index in [1.807, 2.05) is 89.9 Å². The number of carbonyl (C=O) groups excluding carboxylic acids is 2. The Bertz CT molecular complexity index is 1660. The minimum absolute atomic E-state index is 0.0918. The predicted molar refractivity (Wildman–Crippen MR) is 144 cm³/mol. The van der Waals surface area contributed by atoms with Gasteiger partial charge in [-0.2, -0.15) is 0 Å². The molecule has 2 amide bonds. The Morgan fingerprint density at radius 1 is 0.975 bits per heavy atom. The quantitative estimate of drug-likeness (QED) is 0.271. The third kappa shape index (κ3) is 3.16. The third-order valence-electron chi connectivity index (χ3n) is 8.32. The fraction of sp³-hybridized carbons (Fsp3) is 0.233. The molecule has 10 nitrogen and oxygen atoms in total. The first-order valence-electron chi connectivity index (χ1n) is 13.1. The lowest BCUT2D eigenvalue weighted by Gasteiger charge is -2.34. The van der Waals surface area contributed by atoms with Crippen molar-refractivity contribution >= 4 is 23.2 Å². The minimum atomic E-state index is -1.43. The van der Waals surface area contributed by atoms with Crippen molar-refractivity contribution in [3.8, 4) is 0 Å². The van der Waals surface area contributed by atoms with Crippen LogP contribution in [0, 0.1) is 17.0 Å². The molecule has 1 spiro atoms. The highest BCUT2D eigenvalue weighted by Gasteiger charge is 2.73. The molecule has 1 aromatic heterocycles. The van der Waals surface area contributed by atoms with Gasteiger partial charge >= 0.3 is 5.69 Å². The topological polar surface area (TPSA) is 113 Å². The fourth-order valence-corrected chi connectivity index (χ4v) is 6.83. The highest BCUT2D eigenvalue weighted by molar-refractivity contribution is 6.10. The first-order valence-corrected chi connectivity index (χ1v) is 13.1. The lowest BCUT2D eigenvalue weighted by Crippen LogP contribution is -2.48. The molecule has 40 heavy (non-hydrogen) atoms. The van der Waals surface area contributed by atoms with Crippen LogP contribution in [0.2, 0.25) is 0 Å². The molecule has 0 saturated carbocycles. The maximum Gasteiger partial charge on any atom is 0.336 e. The van der Waals surface area contributed by atoms with Crippen LogP contribution in [0.5, 0.6) is 0 Å². The molecule has 7 rings (SSSR count). The summed E-state index contributed by atoms with van der Waals surface area (Å²) < 4.78 is 5.70. The normalized spacial score (nSPS) is 23.7. The molecule has 10 heteroatoms. The summed E-state index contributed by atoms with van der Waals surface area (Å²) in [6.07, 6.45) is 0.223. The van der Waals surface area contributed by atoms with Crippen LogP contribution in [0.1, 0.15) is 46.6 Å². The predicted octanol–water partition coefficient (Wildman–Crippen LogP) is 4.62. The van der Waals surface area contributed by atoms with Gasteiger partial charge in [0.1, 0.15) is 11.5 Å². The molecule has 0 aliphatic carbocycles. The number of para-hydroxylation sites is 1. The SMILES string of the molecule is Cc1noc(C2N3C(=O)CCN3C(c3ccccc3)C23C(=O)N(Cc2ccccc2)c2ccccc23)c1[N+](=O)[O-]. The summed E-state index contributed by atoms with van der Waals surface area (Å²) in [6.45, 7) is 2.17. The highest BCUT2D eigenvalue weighted by Crippen LogP contribution is 2.65. The monoisotopic (exact) mass is 535 g/mol. The molecule has 2 fully saturated rings. The Kier molecular flexibility index (Phi) is 5.36. The molecule has 3 atom stereocenters. The number of rotatable bonds is 5. The van der Waals surface area contributed by atoms with Gasteiger partial charge < -0.3 is 9.42 Å². The fourth-order valence-electron chi connectivity index (χ4n) is 6.83. The number of anilines is 1. The van der Waals surface area contributed by atoms with E-state index >= 15 is 4.79 Å². The second-order valence-electron chi connectivity index (χ2n) is 10.4. The van der Waals surface area contributed by atoms with Crippen molar-refractivity contribution in [3.63, 3.8) is 0 Å². The maximum absolute atomic E-state index is 15.1. The summed E-state index contributed by atoms with van der Waals surface area (Å²) in [5.74, 6) is -0.564. The summed E-state index contributed by atoms with van der Waals surface area (Å²) in [5.41, 5.74) is 1.51. The Hall–Kier alpha value is -4.83. The van der Waals surface area contributed by atoms with E-state index in [4.69, 9.17) is 4.52 Å². The van der Waals surface area contributed by atoms with Crippen molar-refractivity contribution in [2.75, 3.05) is 11.4 Å². The number of hydrogen-bond acceptors (Lipinski definition) is 7. The van der Waals surface area contributed by atoms with E-state index in [1.165, 1.54) is 11.9 Å². The van der Waals surface area contributed by atoms with Crippen LogP contribution < -0.4 is 4.90 Å². The molecule has 2 saturated heterocycles. The number of amides is 2. The number of nitrogens with zero attached hydrogens (tertiary/aromatic N) is 5. The molecule has 200 valence electrons. The first-order chi connectivity index (χ1) is 19.4. The second kappa shape index (κ2) is 8.85. The van der Waals surface area contributed by atoms with Crippen LogP contribution >= 0.6 is 0 Å². The zero-order valence-electron chi connectivity index (χ0n) is 21.6. The van der Waals surface area contributed by atoms with Crippen molar-refractivity contribution in [1.29, 1.82) is 0 Å². The maximum atomic E-state index is 15.1. The van der Waals surface area contributed by atoms with E-state index < -0.39 is 22.4 Å². The Labute approximate surface area is 229 Å². The molecule has 0 bridgehead atoms. The third-order valence-corrected chi connectivity index (χ3v) is 8.32. The Morgan fingerprint density at radius 3 is 2.38 bits per heavy atom. The van der Waals surface area contributed by atoms with Gasteiger partial charge in [-0.3, -0.25) is 24.7 Å². The number of aryl methyl sites for hydroxylation is 1. The smallest absolute Gasteiger partial charge is 0.336 e. The van der Waals surface area contributed by atoms with Crippen LogP contribution in [0.4, 0.5) is 11.4 Å². The van der Waals surface area contributed by atoms with Crippen LogP contribution in [-0.4, -0.2) is 38.5 Å². The number of aromatic nitrogens is 1. The highest BCUT2D eigenvalue weighted by atomic mass is 16.6. The van der Waals surface area contributed by atoms with Crippen molar-refractivity contribution in [3.05, 3.63) is 123 Å². The van der Waals surface area contributed by atoms with Crippen LogP contribution in [0.25, 0.3) is 0 Å². The lowest BCUT2D eigenvalue weighted by molar-refractivity contribution is -0.387. The van der Waals surface area contributed by atoms with E-state index in [0.717, 1.165) is 11.1 Å². The number of benzene rings is 3. The molecule has 0 N–H and O–H groups in total. The molecule has 3 aliphatic heterocycles. The zero-order valence-corrected chi connectivity index (χ0v) is 21.6. The standard InChI is InChI=1S/C30H25N5O5/c1-19-25(35(38)39)26(40-31-19)28-30(27(21-12-6-3-7-13-21)33-17-16-24(36)34(28)33)22-14-8-9-15-23(22)32(29(30)37)18-20-10-4-2-5-11-20/h2-15,27-28H,16-18H2,1H3. The number of fused-ring (bicyclic) bond motifs is 3. The van der Waals surface area contributed by atoms with Crippen molar-refractivity contribution in [2.45, 2.75) is 37.4 Å². The summed E-state index contributed by atoms with van der Waals surface area (Å²) in [6, 6.07) is 25.0. The van der Waals surface area contributed by atoms with E-state index in [-0.39, 0.29) is 35.4 Å². The molecule has 4 heterocycles. The van der Waals surface area contributed by atoms with Gasteiger partial charge in [-0.15, -0.1) is 0 Å². The summed E-state index contributed by atoms with van der Waals surface area (Å²) in [5, 5.41) is 19.7. The Morgan fingerprint density at radius 2 is 1.65 bits per heavy atom. The van der Waals surface area contributed by atoms with Gasteiger partial charge in [0.05, 0.1) is 17.5 Å². The van der Waals surface area contributed by atoms with Gasteiger partial charge in [0, 0.05) is 18.7 Å². The van der Waals surface area contributed by atoms with Gasteiger partial charge in [-0.05, 0) is 29.7 Å². The first kappa shape index (κ1) is 24.2. The van der Waals surface area contributed by atoms with Gasteiger partial charge in [0.2, 0.25) is 17.6 Å². The zero-order chi connectivity index (χ0) is 27.6. The molecular formula is C30H25N5O5. The average Bonchev–Trinajstić information content (AvgIpc) is 3.68. The molecule has 4 aromatic rings. The van der Waals surface area contributed by atoms with E-state index in [9.17, 15) is 14.9 Å². The van der Waals surface area contributed by atoms with Crippen LogP contribution in [-0.2, 0) is 21.5 Å². The van der Waals surface area contributed by atoms with Crippen LogP contribution in [0.15, 0.2) is 89.5 Å². The summed E-state index contributed by atoms with van der Waals surface area (Å²) in [4.78, 5) is 42.2. The lowest BCUT2D eigenvalue weighted by atomic mass is 9.67. The molecular weight excluding hydrogens is 510 g/mol. The van der Waals surface area contributed by atoms with E-state index in [2.05, 4.69) is 5.16 Å². The molecule has 3 unspecified atom stereocenters. The number of hydrogen-bond donors (Lipinski definition) is 0. The summed E-state index contributed by atoms with van der Waals surface area (Å²) >= 11 is 0. The van der Waals surface area contributed by atoms with Gasteiger partial charge in [0.15, 0.2) is 5.69 Å². The number of nitro groups is 1. The second-order valence-corrected chi connectivity index (χ2v) is 10.4. The van der Waals surface area contributed by atoms with E-state index in [0.29, 0.717) is 24.3 Å². The molecule has 3 aromatic carbocycles. The average molecular weight is 536 g/mol. The molecule has 0 radical (unpaired) electrons. The van der Waals surface area contributed by atoms with Crippen molar-refractivity contribution in [1.82, 2.24) is 15.2 Å². The number of hydrazine groups is 1. The van der Waals surface area contributed by atoms with Gasteiger partial charge in [-0.1, -0.05) is 84.0 Å².